The van der Waals surface area contributed by atoms with Crippen LogP contribution in [-0.4, -0.2) is 36.5 Å². The zero-order valence-corrected chi connectivity index (χ0v) is 9.96. The van der Waals surface area contributed by atoms with Crippen LogP contribution >= 0.6 is 0 Å². The molecule has 0 aromatic rings. The Morgan fingerprint density at radius 3 is 2.81 bits per heavy atom. The van der Waals surface area contributed by atoms with Gasteiger partial charge in [-0.25, -0.2) is 0 Å². The maximum Gasteiger partial charge on any atom is 0.298 e. The molecule has 1 unspecified atom stereocenters. The van der Waals surface area contributed by atoms with Gasteiger partial charge in [0.2, 0.25) is 0 Å². The van der Waals surface area contributed by atoms with Crippen LogP contribution in [0.5, 0.6) is 0 Å². The topological polar surface area (TPSA) is 32.3 Å². The number of carbonyl (C=O) groups is 1. The summed E-state index contributed by atoms with van der Waals surface area (Å²) in [6, 6.07) is 0.482. The molecule has 2 rings (SSSR count). The Kier molecular flexibility index (Phi) is 3.84. The van der Waals surface area contributed by atoms with E-state index in [1.807, 2.05) is 4.90 Å². The molecular weight excluding hydrogens is 200 g/mol. The lowest BCUT2D eigenvalue weighted by atomic mass is 9.99. The average molecular weight is 220 g/mol. The van der Waals surface area contributed by atoms with E-state index in [2.05, 4.69) is 17.2 Å². The number of piperidine rings is 1. The van der Waals surface area contributed by atoms with Crippen LogP contribution < -0.4 is 5.32 Å². The molecule has 2 aliphatic rings. The van der Waals surface area contributed by atoms with Crippen molar-refractivity contribution in [1.29, 1.82) is 0 Å². The molecule has 0 aromatic heterocycles. The van der Waals surface area contributed by atoms with Crippen molar-refractivity contribution in [3.63, 3.8) is 0 Å². The number of carbonyl (C=O) groups excluding carboxylic acids is 1. The fourth-order valence-electron chi connectivity index (χ4n) is 2.32. The third-order valence-corrected chi connectivity index (χ3v) is 3.33. The summed E-state index contributed by atoms with van der Waals surface area (Å²) in [4.78, 5) is 13.8. The predicted octanol–water partition coefficient (Wildman–Crippen LogP) is 1.00. The molecule has 0 aromatic carbocycles. The SMILES string of the molecule is CC#CC(=O)N(CC1CCCNC1)C1CC1. The lowest BCUT2D eigenvalue weighted by Crippen LogP contribution is -2.41. The second-order valence-corrected chi connectivity index (χ2v) is 4.78. The van der Waals surface area contributed by atoms with Crippen molar-refractivity contribution in [2.45, 2.75) is 38.6 Å². The maximum absolute atomic E-state index is 11.8. The number of hydrogen-bond acceptors (Lipinski definition) is 2. The zero-order chi connectivity index (χ0) is 11.4. The van der Waals surface area contributed by atoms with E-state index < -0.39 is 0 Å². The van der Waals surface area contributed by atoms with Gasteiger partial charge in [0, 0.05) is 12.6 Å². The number of nitrogens with one attached hydrogen (secondary N) is 1. The van der Waals surface area contributed by atoms with Crippen molar-refractivity contribution in [1.82, 2.24) is 10.2 Å². The van der Waals surface area contributed by atoms with Gasteiger partial charge in [0.05, 0.1) is 0 Å². The van der Waals surface area contributed by atoms with Crippen LogP contribution in [0.2, 0.25) is 0 Å². The first-order valence-corrected chi connectivity index (χ1v) is 6.25. The lowest BCUT2D eigenvalue weighted by Gasteiger charge is -2.29. The van der Waals surface area contributed by atoms with Gasteiger partial charge in [0.25, 0.3) is 5.91 Å². The molecule has 1 saturated carbocycles. The molecule has 1 atom stereocenters. The molecule has 3 heteroatoms. The minimum Gasteiger partial charge on any atom is -0.329 e. The van der Waals surface area contributed by atoms with Crippen LogP contribution in [-0.2, 0) is 4.79 Å². The molecular formula is C13H20N2O. The average Bonchev–Trinajstić information content (AvgIpc) is 3.11. The summed E-state index contributed by atoms with van der Waals surface area (Å²) in [6.45, 7) is 4.80. The van der Waals surface area contributed by atoms with Gasteiger partial charge in [-0.3, -0.25) is 4.79 Å². The van der Waals surface area contributed by atoms with E-state index in [1.54, 1.807) is 6.92 Å². The number of amides is 1. The fourth-order valence-corrected chi connectivity index (χ4v) is 2.32. The Bertz CT molecular complexity index is 306. The smallest absolute Gasteiger partial charge is 0.298 e. The predicted molar refractivity (Wildman–Crippen MR) is 63.8 cm³/mol. The van der Waals surface area contributed by atoms with E-state index in [1.165, 1.54) is 12.8 Å². The van der Waals surface area contributed by atoms with Gasteiger partial charge >= 0.3 is 0 Å². The van der Waals surface area contributed by atoms with Crippen LogP contribution in [0.1, 0.15) is 32.6 Å². The third-order valence-electron chi connectivity index (χ3n) is 3.33. The first-order chi connectivity index (χ1) is 7.81. The van der Waals surface area contributed by atoms with E-state index in [9.17, 15) is 4.79 Å². The maximum atomic E-state index is 11.8. The summed E-state index contributed by atoms with van der Waals surface area (Å²) in [5.41, 5.74) is 0. The molecule has 1 saturated heterocycles. The van der Waals surface area contributed by atoms with Gasteiger partial charge in [-0.15, -0.1) is 0 Å². The minimum atomic E-state index is 0.0237. The van der Waals surface area contributed by atoms with Crippen LogP contribution in [0.25, 0.3) is 0 Å². The van der Waals surface area contributed by atoms with Gasteiger partial charge in [0.1, 0.15) is 0 Å². The van der Waals surface area contributed by atoms with E-state index in [0.717, 1.165) is 32.5 Å². The Morgan fingerprint density at radius 1 is 1.44 bits per heavy atom. The second kappa shape index (κ2) is 5.36. The molecule has 0 radical (unpaired) electrons. The zero-order valence-electron chi connectivity index (χ0n) is 9.96. The standard InChI is InChI=1S/C13H20N2O/c1-2-4-13(16)15(12-6-7-12)10-11-5-3-8-14-9-11/h11-12,14H,3,5-10H2,1H3. The van der Waals surface area contributed by atoms with E-state index in [4.69, 9.17) is 0 Å². The van der Waals surface area contributed by atoms with Gasteiger partial charge in [-0.2, -0.15) is 0 Å². The molecule has 1 heterocycles. The van der Waals surface area contributed by atoms with E-state index in [0.29, 0.717) is 12.0 Å². The van der Waals surface area contributed by atoms with Crippen LogP contribution in [0.4, 0.5) is 0 Å². The van der Waals surface area contributed by atoms with Gasteiger partial charge in [-0.05, 0) is 57.5 Å². The Balaban J connectivity index is 1.90. The third kappa shape index (κ3) is 2.99. The quantitative estimate of drug-likeness (QED) is 0.720. The summed E-state index contributed by atoms with van der Waals surface area (Å²) in [7, 11) is 0. The monoisotopic (exact) mass is 220 g/mol. The van der Waals surface area contributed by atoms with Crippen molar-refractivity contribution in [2.24, 2.45) is 5.92 Å². The van der Waals surface area contributed by atoms with Gasteiger partial charge in [-0.1, -0.05) is 5.92 Å². The molecule has 1 amide bonds. The summed E-state index contributed by atoms with van der Waals surface area (Å²) in [5.74, 6) is 6.03. The molecule has 2 fully saturated rings. The molecule has 1 aliphatic carbocycles. The van der Waals surface area contributed by atoms with E-state index >= 15 is 0 Å². The van der Waals surface area contributed by atoms with Gasteiger partial charge in [0.15, 0.2) is 0 Å². The van der Waals surface area contributed by atoms with Crippen molar-refractivity contribution < 1.29 is 4.79 Å². The number of rotatable bonds is 3. The highest BCUT2D eigenvalue weighted by Gasteiger charge is 2.33. The molecule has 3 nitrogen and oxygen atoms in total. The lowest BCUT2D eigenvalue weighted by molar-refractivity contribution is -0.126. The Labute approximate surface area is 97.6 Å². The summed E-state index contributed by atoms with van der Waals surface area (Å²) in [5, 5.41) is 3.40. The summed E-state index contributed by atoms with van der Waals surface area (Å²) >= 11 is 0. The van der Waals surface area contributed by atoms with E-state index in [-0.39, 0.29) is 5.91 Å². The second-order valence-electron chi connectivity index (χ2n) is 4.78. The molecule has 0 spiro atoms. The molecule has 1 N–H and O–H groups in total. The van der Waals surface area contributed by atoms with Crippen molar-refractivity contribution in [3.05, 3.63) is 0 Å². The van der Waals surface area contributed by atoms with Crippen LogP contribution in [0, 0.1) is 17.8 Å². The summed E-state index contributed by atoms with van der Waals surface area (Å²) in [6.07, 6.45) is 4.80. The Morgan fingerprint density at radius 2 is 2.25 bits per heavy atom. The molecule has 0 bridgehead atoms. The summed E-state index contributed by atoms with van der Waals surface area (Å²) < 4.78 is 0. The molecule has 88 valence electrons. The highest BCUT2D eigenvalue weighted by molar-refractivity contribution is 5.93. The first kappa shape index (κ1) is 11.5. The highest BCUT2D eigenvalue weighted by atomic mass is 16.2. The van der Waals surface area contributed by atoms with Crippen LogP contribution in [0.15, 0.2) is 0 Å². The fraction of sp³-hybridized carbons (Fsp3) is 0.769. The van der Waals surface area contributed by atoms with Crippen molar-refractivity contribution in [2.75, 3.05) is 19.6 Å². The molecule has 1 aliphatic heterocycles. The number of hydrogen-bond donors (Lipinski definition) is 1. The number of nitrogens with zero attached hydrogens (tertiary/aromatic N) is 1. The molecule has 16 heavy (non-hydrogen) atoms. The minimum absolute atomic E-state index is 0.0237. The largest absolute Gasteiger partial charge is 0.329 e. The van der Waals surface area contributed by atoms with Gasteiger partial charge < -0.3 is 10.2 Å². The highest BCUT2D eigenvalue weighted by Crippen LogP contribution is 2.28. The Hall–Kier alpha value is -1.01. The van der Waals surface area contributed by atoms with Crippen LogP contribution in [0.3, 0.4) is 0 Å². The van der Waals surface area contributed by atoms with Crippen molar-refractivity contribution >= 4 is 5.91 Å². The normalized spacial score (nSPS) is 24.4. The van der Waals surface area contributed by atoms with Crippen molar-refractivity contribution in [3.8, 4) is 11.8 Å². The first-order valence-electron chi connectivity index (χ1n) is 6.25.